The van der Waals surface area contributed by atoms with E-state index in [4.69, 9.17) is 11.6 Å². The van der Waals surface area contributed by atoms with Crippen LogP contribution in [-0.2, 0) is 21.5 Å². The summed E-state index contributed by atoms with van der Waals surface area (Å²) in [4.78, 5) is 52.6. The highest BCUT2D eigenvalue weighted by molar-refractivity contribution is 6.44. The molecule has 0 unspecified atom stereocenters. The Kier molecular flexibility index (Phi) is 7.35. The number of rotatable bonds is 10. The molecule has 1 aromatic carbocycles. The number of hydrogen-bond acceptors (Lipinski definition) is 4. The quantitative estimate of drug-likeness (QED) is 0.309. The third-order valence-corrected chi connectivity index (χ3v) is 8.03. The van der Waals surface area contributed by atoms with Crippen LogP contribution in [0.3, 0.4) is 0 Å². The zero-order valence-corrected chi connectivity index (χ0v) is 21.9. The minimum absolute atomic E-state index is 0.0265. The number of amides is 3. The summed E-state index contributed by atoms with van der Waals surface area (Å²) in [5, 5.41) is 7.06. The number of carbonyl (C=O) groups is 4. The Bertz CT molecular complexity index is 1340. The lowest BCUT2D eigenvalue weighted by molar-refractivity contribution is -0.132. The molecular weight excluding hydrogens is 525 g/mol. The van der Waals surface area contributed by atoms with Crippen molar-refractivity contribution in [1.82, 2.24) is 15.2 Å². The molecule has 2 aromatic rings. The zero-order valence-electron chi connectivity index (χ0n) is 21.1. The molecule has 2 aliphatic rings. The molecule has 1 aliphatic carbocycles. The van der Waals surface area contributed by atoms with Gasteiger partial charge >= 0.3 is 0 Å². The maximum absolute atomic E-state index is 13.6. The van der Waals surface area contributed by atoms with Gasteiger partial charge in [-0.25, -0.2) is 4.39 Å². The molecule has 3 amide bonds. The van der Waals surface area contributed by atoms with E-state index in [1.807, 2.05) is 6.92 Å². The van der Waals surface area contributed by atoms with E-state index in [9.17, 15) is 32.3 Å². The molecule has 1 saturated carbocycles. The highest BCUT2D eigenvalue weighted by Crippen LogP contribution is 2.61. The van der Waals surface area contributed by atoms with Crippen LogP contribution in [0.4, 0.5) is 18.9 Å². The van der Waals surface area contributed by atoms with Crippen LogP contribution >= 0.6 is 11.6 Å². The van der Waals surface area contributed by atoms with Crippen molar-refractivity contribution >= 4 is 40.8 Å². The molecule has 1 fully saturated rings. The van der Waals surface area contributed by atoms with Crippen LogP contribution in [-0.4, -0.2) is 54.0 Å². The second-order valence-corrected chi connectivity index (χ2v) is 10.4. The van der Waals surface area contributed by atoms with Crippen molar-refractivity contribution in [3.63, 3.8) is 0 Å². The summed E-state index contributed by atoms with van der Waals surface area (Å²) < 4.78 is 41.9. The Hall–Kier alpha value is -3.34. The average Bonchev–Trinajstić information content (AvgIpc) is 3.29. The Morgan fingerprint density at radius 1 is 1.18 bits per heavy atom. The third-order valence-electron chi connectivity index (χ3n) is 7.75. The molecule has 2 heterocycles. The molecule has 1 aliphatic heterocycles. The number of halogens is 4. The molecule has 0 spiro atoms. The number of likely N-dealkylation sites (N-methyl/N-ethyl adjacent to an activating group) is 1. The summed E-state index contributed by atoms with van der Waals surface area (Å²) >= 11 is 5.83. The third kappa shape index (κ3) is 4.46. The molecule has 2 atom stereocenters. The topological polar surface area (TPSA) is 109 Å². The lowest BCUT2D eigenvalue weighted by Gasteiger charge is -2.31. The highest BCUT2D eigenvalue weighted by atomic mass is 35.5. The summed E-state index contributed by atoms with van der Waals surface area (Å²) in [6.07, 6.45) is -0.273. The van der Waals surface area contributed by atoms with Gasteiger partial charge in [0.15, 0.2) is 0 Å². The summed E-state index contributed by atoms with van der Waals surface area (Å²) in [6.45, 7) is 1.88. The molecule has 4 rings (SSSR count). The van der Waals surface area contributed by atoms with E-state index in [2.05, 4.69) is 16.0 Å². The van der Waals surface area contributed by atoms with Crippen molar-refractivity contribution in [2.75, 3.05) is 25.7 Å². The molecule has 0 radical (unpaired) electrons. The monoisotopic (exact) mass is 552 g/mol. The normalized spacial score (nSPS) is 19.4. The molecule has 8 nitrogen and oxygen atoms in total. The number of benzene rings is 1. The van der Waals surface area contributed by atoms with Gasteiger partial charge in [0.25, 0.3) is 17.6 Å². The fraction of sp³-hybridized carbons (Fsp3) is 0.462. The number of ketones is 1. The first kappa shape index (κ1) is 27.7. The number of nitrogens with one attached hydrogen (secondary N) is 3. The lowest BCUT2D eigenvalue weighted by Crippen LogP contribution is -2.60. The molecular formula is C26H28ClF3N4O4. The van der Waals surface area contributed by atoms with E-state index in [0.717, 1.165) is 12.5 Å². The average molecular weight is 553 g/mol. The van der Waals surface area contributed by atoms with Crippen LogP contribution in [0.1, 0.15) is 58.3 Å². The van der Waals surface area contributed by atoms with E-state index >= 15 is 0 Å². The van der Waals surface area contributed by atoms with Gasteiger partial charge in [-0.05, 0) is 43.0 Å². The van der Waals surface area contributed by atoms with E-state index < -0.39 is 66.5 Å². The maximum Gasteiger partial charge on any atom is 0.293 e. The maximum atomic E-state index is 13.6. The first-order valence-electron chi connectivity index (χ1n) is 12.1. The highest BCUT2D eigenvalue weighted by Gasteiger charge is 2.60. The van der Waals surface area contributed by atoms with E-state index in [1.165, 1.54) is 26.1 Å². The summed E-state index contributed by atoms with van der Waals surface area (Å²) in [5.41, 5.74) is -1.17. The summed E-state index contributed by atoms with van der Waals surface area (Å²) in [6, 6.07) is 3.70. The van der Waals surface area contributed by atoms with Crippen LogP contribution in [0.25, 0.3) is 0 Å². The van der Waals surface area contributed by atoms with Gasteiger partial charge < -0.3 is 20.5 Å². The summed E-state index contributed by atoms with van der Waals surface area (Å²) in [5.74, 6) is -4.08. The Morgan fingerprint density at radius 3 is 2.42 bits per heavy atom. The van der Waals surface area contributed by atoms with Crippen molar-refractivity contribution in [2.45, 2.75) is 50.6 Å². The van der Waals surface area contributed by atoms with Crippen LogP contribution in [0.5, 0.6) is 0 Å². The number of hydrogen-bond donors (Lipinski definition) is 3. The fourth-order valence-corrected chi connectivity index (χ4v) is 5.75. The van der Waals surface area contributed by atoms with Crippen LogP contribution < -0.4 is 16.0 Å². The van der Waals surface area contributed by atoms with Gasteiger partial charge in [0.2, 0.25) is 5.91 Å². The Balaban J connectivity index is 1.71. The lowest BCUT2D eigenvalue weighted by atomic mass is 9.89. The van der Waals surface area contributed by atoms with Gasteiger partial charge in [-0.3, -0.25) is 28.0 Å². The minimum Gasteiger partial charge on any atom is -0.357 e. The number of carbonyl (C=O) groups excluding carboxylic acids is 4. The first-order chi connectivity index (χ1) is 17.9. The molecule has 0 saturated heterocycles. The van der Waals surface area contributed by atoms with Crippen molar-refractivity contribution in [3.8, 4) is 0 Å². The minimum atomic E-state index is -1.95. The van der Waals surface area contributed by atoms with Crippen LogP contribution in [0.15, 0.2) is 18.2 Å². The zero-order chi connectivity index (χ0) is 28.0. The Labute approximate surface area is 222 Å². The van der Waals surface area contributed by atoms with Gasteiger partial charge in [0.1, 0.15) is 17.1 Å². The molecule has 12 heteroatoms. The number of Topliss-reactive ketones (excluding diaryl/α,β-unsaturated/α-hetero) is 1. The number of alkyl halides is 2. The molecule has 204 valence electrons. The van der Waals surface area contributed by atoms with Gasteiger partial charge in [0, 0.05) is 43.2 Å². The summed E-state index contributed by atoms with van der Waals surface area (Å²) in [7, 11) is 1.26. The second kappa shape index (κ2) is 10.1. The fourth-order valence-electron chi connectivity index (χ4n) is 5.57. The van der Waals surface area contributed by atoms with Gasteiger partial charge in [-0.2, -0.15) is 0 Å². The first-order valence-corrected chi connectivity index (χ1v) is 12.5. The standard InChI is InChI=1S/C26H28ClF3N4O4/c1-13-18(20(35)23(37)33-26(6-8-28,7-9-29)24(38)31-3)21-25(2)11-14(25)12-34(21)19(13)22(36)32-15-4-5-17(30)16(27)10-15/h4-5,10,14H,6-9,11-12H2,1-3H3,(H,31,38)(H,32,36)(H,33,37)/t14-,25-/m0/s1. The largest absolute Gasteiger partial charge is 0.357 e. The molecule has 3 N–H and O–H groups in total. The number of aromatic nitrogens is 1. The van der Waals surface area contributed by atoms with Gasteiger partial charge in [-0.1, -0.05) is 18.5 Å². The smallest absolute Gasteiger partial charge is 0.293 e. The number of anilines is 1. The molecule has 38 heavy (non-hydrogen) atoms. The predicted octanol–water partition coefficient (Wildman–Crippen LogP) is 3.64. The van der Waals surface area contributed by atoms with Crippen molar-refractivity contribution < 1.29 is 32.3 Å². The van der Waals surface area contributed by atoms with E-state index in [0.29, 0.717) is 12.2 Å². The number of nitrogens with zero attached hydrogens (tertiary/aromatic N) is 1. The predicted molar refractivity (Wildman–Crippen MR) is 134 cm³/mol. The van der Waals surface area contributed by atoms with Crippen molar-refractivity contribution in [3.05, 3.63) is 51.6 Å². The van der Waals surface area contributed by atoms with E-state index in [-0.39, 0.29) is 33.4 Å². The van der Waals surface area contributed by atoms with Crippen molar-refractivity contribution in [1.29, 1.82) is 0 Å². The van der Waals surface area contributed by atoms with Crippen LogP contribution in [0, 0.1) is 18.7 Å². The van der Waals surface area contributed by atoms with Gasteiger partial charge in [-0.15, -0.1) is 0 Å². The molecule has 0 bridgehead atoms. The molecule has 1 aromatic heterocycles. The van der Waals surface area contributed by atoms with Gasteiger partial charge in [0.05, 0.1) is 23.9 Å². The van der Waals surface area contributed by atoms with Crippen LogP contribution in [0.2, 0.25) is 5.02 Å². The SMILES string of the molecule is CNC(=O)C(CCF)(CCF)NC(=O)C(=O)c1c(C)c(C(=O)Nc2ccc(F)c(Cl)c2)n2c1[C@@]1(C)C[C@H]1C2. The Morgan fingerprint density at radius 2 is 1.84 bits per heavy atom. The van der Waals surface area contributed by atoms with E-state index in [1.54, 1.807) is 4.57 Å². The second-order valence-electron chi connectivity index (χ2n) is 10.0. The number of fused-ring (bicyclic) bond motifs is 3. The van der Waals surface area contributed by atoms with Crippen molar-refractivity contribution in [2.24, 2.45) is 5.92 Å².